The van der Waals surface area contributed by atoms with E-state index in [0.29, 0.717) is 6.42 Å². The number of carbonyl (C=O) groups is 2. The van der Waals surface area contributed by atoms with Gasteiger partial charge in [0.25, 0.3) is 0 Å². The van der Waals surface area contributed by atoms with Gasteiger partial charge in [-0.05, 0) is 37.0 Å². The Labute approximate surface area is 119 Å². The number of rotatable bonds is 2. The van der Waals surface area contributed by atoms with Crippen LogP contribution in [0.3, 0.4) is 0 Å². The number of hydrogen-bond donors (Lipinski definition) is 0. The number of ether oxygens (including phenoxy) is 1. The predicted octanol–water partition coefficient (Wildman–Crippen LogP) is 3.13. The molecule has 3 rings (SSSR count). The maximum atomic E-state index is 12.6. The van der Waals surface area contributed by atoms with Gasteiger partial charge in [0.2, 0.25) is 0 Å². The smallest absolute Gasteiger partial charge is 0.149 e. The molecule has 0 heterocycles. The minimum Gasteiger partial charge on any atom is -0.497 e. The summed E-state index contributed by atoms with van der Waals surface area (Å²) in [5, 5.41) is 0. The molecule has 2 saturated carbocycles. The predicted molar refractivity (Wildman–Crippen MR) is 75.8 cm³/mol. The highest BCUT2D eigenvalue weighted by atomic mass is 16.5. The first-order chi connectivity index (χ1) is 9.59. The van der Waals surface area contributed by atoms with E-state index in [9.17, 15) is 9.59 Å². The van der Waals surface area contributed by atoms with Crippen LogP contribution in [-0.4, -0.2) is 18.7 Å². The van der Waals surface area contributed by atoms with Crippen LogP contribution in [0.1, 0.15) is 44.1 Å². The lowest BCUT2D eigenvalue weighted by molar-refractivity contribution is -0.138. The van der Waals surface area contributed by atoms with E-state index in [4.69, 9.17) is 4.74 Å². The normalized spacial score (nSPS) is 33.1. The van der Waals surface area contributed by atoms with Crippen LogP contribution in [0.2, 0.25) is 0 Å². The van der Waals surface area contributed by atoms with Crippen molar-refractivity contribution in [1.29, 1.82) is 0 Å². The van der Waals surface area contributed by atoms with Gasteiger partial charge in [0.05, 0.1) is 12.5 Å². The summed E-state index contributed by atoms with van der Waals surface area (Å²) >= 11 is 0. The topological polar surface area (TPSA) is 43.4 Å². The lowest BCUT2D eigenvalue weighted by atomic mass is 9.72. The van der Waals surface area contributed by atoms with Gasteiger partial charge in [0.1, 0.15) is 17.3 Å². The number of methoxy groups -OCH3 is 1. The molecule has 1 aromatic rings. The maximum absolute atomic E-state index is 12.6. The van der Waals surface area contributed by atoms with Crippen molar-refractivity contribution in [2.24, 2.45) is 11.3 Å². The van der Waals surface area contributed by atoms with Crippen LogP contribution in [0.25, 0.3) is 0 Å². The highest BCUT2D eigenvalue weighted by molar-refractivity contribution is 6.11. The number of benzene rings is 1. The molecule has 3 heteroatoms. The van der Waals surface area contributed by atoms with Crippen LogP contribution in [0, 0.1) is 11.3 Å². The standard InChI is InChI=1S/C17H20O3/c1-11-9-14(12-5-3-6-13(10-12)20-2)17(16(11)19)8-4-7-15(17)18/h3,5-6,10-11,14H,4,7-9H2,1-2H3/t11-,14-,17-/m1/s1. The Morgan fingerprint density at radius 3 is 2.75 bits per heavy atom. The SMILES string of the molecule is COc1cccc([C@H]2C[C@@H](C)C(=O)[C@]23CCCC3=O)c1. The van der Waals surface area contributed by atoms with Crippen molar-refractivity contribution in [2.75, 3.05) is 7.11 Å². The van der Waals surface area contributed by atoms with Gasteiger partial charge in [-0.15, -0.1) is 0 Å². The zero-order valence-corrected chi connectivity index (χ0v) is 12.0. The Kier molecular flexibility index (Phi) is 3.15. The lowest BCUT2D eigenvalue weighted by Crippen LogP contribution is -2.36. The van der Waals surface area contributed by atoms with Crippen LogP contribution in [0.5, 0.6) is 5.75 Å². The van der Waals surface area contributed by atoms with Crippen molar-refractivity contribution in [3.8, 4) is 5.75 Å². The largest absolute Gasteiger partial charge is 0.497 e. The van der Waals surface area contributed by atoms with Gasteiger partial charge >= 0.3 is 0 Å². The summed E-state index contributed by atoms with van der Waals surface area (Å²) < 4.78 is 5.28. The lowest BCUT2D eigenvalue weighted by Gasteiger charge is -2.28. The van der Waals surface area contributed by atoms with Gasteiger partial charge in [-0.3, -0.25) is 9.59 Å². The molecule has 0 unspecified atom stereocenters. The van der Waals surface area contributed by atoms with Gasteiger partial charge in [-0.1, -0.05) is 19.1 Å². The van der Waals surface area contributed by atoms with Crippen molar-refractivity contribution in [1.82, 2.24) is 0 Å². The van der Waals surface area contributed by atoms with Gasteiger partial charge in [0.15, 0.2) is 0 Å². The first-order valence-electron chi connectivity index (χ1n) is 7.31. The molecule has 2 aliphatic carbocycles. The third-order valence-corrected chi connectivity index (χ3v) is 5.04. The number of hydrogen-bond acceptors (Lipinski definition) is 3. The molecule has 0 N–H and O–H groups in total. The minimum atomic E-state index is -0.744. The third-order valence-electron chi connectivity index (χ3n) is 5.04. The summed E-state index contributed by atoms with van der Waals surface area (Å²) in [4.78, 5) is 25.1. The highest BCUT2D eigenvalue weighted by Gasteiger charge is 2.59. The van der Waals surface area contributed by atoms with Crippen LogP contribution >= 0.6 is 0 Å². The van der Waals surface area contributed by atoms with Gasteiger partial charge < -0.3 is 4.74 Å². The van der Waals surface area contributed by atoms with E-state index in [1.807, 2.05) is 31.2 Å². The Balaban J connectivity index is 2.07. The maximum Gasteiger partial charge on any atom is 0.149 e. The average Bonchev–Trinajstić information content (AvgIpc) is 2.96. The molecule has 20 heavy (non-hydrogen) atoms. The van der Waals surface area contributed by atoms with Crippen molar-refractivity contribution in [3.05, 3.63) is 29.8 Å². The summed E-state index contributed by atoms with van der Waals surface area (Å²) in [5.74, 6) is 1.10. The Morgan fingerprint density at radius 1 is 1.30 bits per heavy atom. The summed E-state index contributed by atoms with van der Waals surface area (Å²) in [7, 11) is 1.64. The Hall–Kier alpha value is -1.64. The molecule has 1 spiro atoms. The molecule has 0 saturated heterocycles. The fraction of sp³-hybridized carbons (Fsp3) is 0.529. The molecule has 0 amide bonds. The zero-order valence-electron chi connectivity index (χ0n) is 12.0. The fourth-order valence-electron chi connectivity index (χ4n) is 4.07. The fourth-order valence-corrected chi connectivity index (χ4v) is 4.07. The van der Waals surface area contributed by atoms with E-state index >= 15 is 0 Å². The van der Waals surface area contributed by atoms with Crippen LogP contribution in [0.15, 0.2) is 24.3 Å². The zero-order chi connectivity index (χ0) is 14.3. The van der Waals surface area contributed by atoms with E-state index < -0.39 is 5.41 Å². The molecular formula is C17H20O3. The summed E-state index contributed by atoms with van der Waals surface area (Å²) in [6.45, 7) is 1.95. The monoisotopic (exact) mass is 272 g/mol. The summed E-state index contributed by atoms with van der Waals surface area (Å²) in [6.07, 6.45) is 2.89. The van der Waals surface area contributed by atoms with Crippen molar-refractivity contribution in [2.45, 2.75) is 38.5 Å². The molecule has 2 aliphatic rings. The quantitative estimate of drug-likeness (QED) is 0.777. The van der Waals surface area contributed by atoms with E-state index in [2.05, 4.69) is 0 Å². The first kappa shape index (κ1) is 13.3. The molecule has 106 valence electrons. The van der Waals surface area contributed by atoms with E-state index in [1.54, 1.807) is 7.11 Å². The molecule has 2 fully saturated rings. The molecule has 1 aromatic carbocycles. The van der Waals surface area contributed by atoms with Crippen molar-refractivity contribution >= 4 is 11.6 Å². The van der Waals surface area contributed by atoms with E-state index in [-0.39, 0.29) is 23.4 Å². The number of Topliss-reactive ketones (excluding diaryl/α,β-unsaturated/α-hetero) is 2. The number of ketones is 2. The molecule has 3 nitrogen and oxygen atoms in total. The Morgan fingerprint density at radius 2 is 2.10 bits per heavy atom. The molecule has 0 radical (unpaired) electrons. The highest BCUT2D eigenvalue weighted by Crippen LogP contribution is 2.56. The minimum absolute atomic E-state index is 0.0201. The van der Waals surface area contributed by atoms with E-state index in [1.165, 1.54) is 0 Å². The Bertz CT molecular complexity index is 563. The second-order valence-corrected chi connectivity index (χ2v) is 6.08. The molecular weight excluding hydrogens is 252 g/mol. The number of carbonyl (C=O) groups excluding carboxylic acids is 2. The van der Waals surface area contributed by atoms with Gasteiger partial charge in [0, 0.05) is 18.3 Å². The molecule has 0 bridgehead atoms. The summed E-state index contributed by atoms with van der Waals surface area (Å²) in [6, 6.07) is 7.83. The van der Waals surface area contributed by atoms with Crippen LogP contribution < -0.4 is 4.74 Å². The van der Waals surface area contributed by atoms with Crippen LogP contribution in [0.4, 0.5) is 0 Å². The second kappa shape index (κ2) is 4.72. The van der Waals surface area contributed by atoms with Crippen molar-refractivity contribution in [3.63, 3.8) is 0 Å². The van der Waals surface area contributed by atoms with Crippen molar-refractivity contribution < 1.29 is 14.3 Å². The molecule has 0 aliphatic heterocycles. The first-order valence-corrected chi connectivity index (χ1v) is 7.31. The second-order valence-electron chi connectivity index (χ2n) is 6.08. The molecule has 3 atom stereocenters. The van der Waals surface area contributed by atoms with Crippen LogP contribution in [-0.2, 0) is 9.59 Å². The average molecular weight is 272 g/mol. The van der Waals surface area contributed by atoms with E-state index in [0.717, 1.165) is 30.6 Å². The summed E-state index contributed by atoms with van der Waals surface area (Å²) in [5.41, 5.74) is 0.323. The third kappa shape index (κ3) is 1.72. The molecule has 0 aromatic heterocycles. The van der Waals surface area contributed by atoms with Gasteiger partial charge in [-0.25, -0.2) is 0 Å². The van der Waals surface area contributed by atoms with Gasteiger partial charge in [-0.2, -0.15) is 0 Å².